The molecule has 0 heterocycles. The van der Waals surface area contributed by atoms with E-state index in [4.69, 9.17) is 11.6 Å². The molecule has 0 aliphatic rings. The fraction of sp³-hybridized carbons (Fsp3) is 0.0714. The van der Waals surface area contributed by atoms with Crippen molar-refractivity contribution in [1.82, 2.24) is 0 Å². The highest BCUT2D eigenvalue weighted by atomic mass is 35.5. The average molecular weight is 309 g/mol. The molecule has 0 radical (unpaired) electrons. The van der Waals surface area contributed by atoms with Gasteiger partial charge in [-0.2, -0.15) is 4.39 Å². The molecule has 1 N–H and O–H groups in total. The lowest BCUT2D eigenvalue weighted by molar-refractivity contribution is -0.387. The van der Waals surface area contributed by atoms with Crippen molar-refractivity contribution in [3.05, 3.63) is 69.5 Å². The van der Waals surface area contributed by atoms with Crippen LogP contribution in [0.1, 0.15) is 15.9 Å². The molecule has 0 spiro atoms. The van der Waals surface area contributed by atoms with Gasteiger partial charge >= 0.3 is 5.69 Å². The zero-order chi connectivity index (χ0) is 15.4. The molecule has 2 rings (SSSR count). The minimum Gasteiger partial charge on any atom is -0.322 e. The Hall–Kier alpha value is -2.47. The minimum absolute atomic E-state index is 0.148. The molecule has 2 aromatic rings. The van der Waals surface area contributed by atoms with E-state index in [1.807, 2.05) is 0 Å². The van der Waals surface area contributed by atoms with E-state index in [1.165, 1.54) is 6.07 Å². The van der Waals surface area contributed by atoms with E-state index in [-0.39, 0.29) is 5.69 Å². The van der Waals surface area contributed by atoms with Gasteiger partial charge in [0.05, 0.1) is 4.92 Å². The Kier molecular flexibility index (Phi) is 4.49. The molecule has 0 aromatic heterocycles. The Morgan fingerprint density at radius 3 is 2.48 bits per heavy atom. The number of carbonyl (C=O) groups is 1. The molecular weight excluding hydrogens is 299 g/mol. The molecule has 0 fully saturated rings. The number of alkyl halides is 1. The molecule has 0 aliphatic heterocycles. The molecule has 0 atom stereocenters. The van der Waals surface area contributed by atoms with Crippen LogP contribution in [0.15, 0.2) is 42.5 Å². The van der Waals surface area contributed by atoms with Crippen molar-refractivity contribution in [2.75, 3.05) is 5.32 Å². The fourth-order valence-electron chi connectivity index (χ4n) is 1.68. The quantitative estimate of drug-likeness (QED) is 0.531. The van der Waals surface area contributed by atoms with Crippen molar-refractivity contribution in [3.8, 4) is 0 Å². The molecule has 7 heteroatoms. The van der Waals surface area contributed by atoms with Crippen LogP contribution in [0, 0.1) is 15.9 Å². The molecule has 0 saturated heterocycles. The van der Waals surface area contributed by atoms with Gasteiger partial charge in [-0.15, -0.1) is 11.6 Å². The Bertz CT molecular complexity index is 689. The Morgan fingerprint density at radius 2 is 1.90 bits per heavy atom. The summed E-state index contributed by atoms with van der Waals surface area (Å²) in [5.41, 5.74) is 0.696. The number of nitro benzene ring substituents is 1. The van der Waals surface area contributed by atoms with Gasteiger partial charge in [0.25, 0.3) is 5.91 Å². The number of amides is 1. The predicted octanol–water partition coefficient (Wildman–Crippen LogP) is 3.73. The molecule has 0 unspecified atom stereocenters. The number of hydrogen-bond acceptors (Lipinski definition) is 3. The Labute approximate surface area is 124 Å². The first-order valence-corrected chi connectivity index (χ1v) is 6.45. The topological polar surface area (TPSA) is 72.2 Å². The van der Waals surface area contributed by atoms with Crippen molar-refractivity contribution >= 4 is 28.9 Å². The fourth-order valence-corrected chi connectivity index (χ4v) is 1.86. The van der Waals surface area contributed by atoms with E-state index in [9.17, 15) is 19.3 Å². The van der Waals surface area contributed by atoms with E-state index in [0.717, 1.165) is 17.7 Å². The molecule has 108 valence electrons. The van der Waals surface area contributed by atoms with E-state index in [0.29, 0.717) is 11.4 Å². The number of carbonyl (C=O) groups excluding carboxylic acids is 1. The second-order valence-corrected chi connectivity index (χ2v) is 4.48. The second kappa shape index (κ2) is 6.32. The van der Waals surface area contributed by atoms with Crippen LogP contribution in [0.4, 0.5) is 15.8 Å². The first-order valence-electron chi connectivity index (χ1n) is 5.91. The van der Waals surface area contributed by atoms with Crippen molar-refractivity contribution in [2.45, 2.75) is 5.88 Å². The van der Waals surface area contributed by atoms with Crippen molar-refractivity contribution in [2.24, 2.45) is 0 Å². The lowest BCUT2D eigenvalue weighted by Crippen LogP contribution is -2.12. The van der Waals surface area contributed by atoms with Crippen LogP contribution in [0.3, 0.4) is 0 Å². The zero-order valence-electron chi connectivity index (χ0n) is 10.7. The minimum atomic E-state index is -0.954. The first kappa shape index (κ1) is 14.9. The van der Waals surface area contributed by atoms with Crippen LogP contribution in [0.5, 0.6) is 0 Å². The van der Waals surface area contributed by atoms with Crippen molar-refractivity contribution in [1.29, 1.82) is 0 Å². The first-order chi connectivity index (χ1) is 10.0. The van der Waals surface area contributed by atoms with Crippen molar-refractivity contribution < 1.29 is 14.1 Å². The number of rotatable bonds is 4. The average Bonchev–Trinajstić information content (AvgIpc) is 2.49. The third-order valence-electron chi connectivity index (χ3n) is 2.77. The zero-order valence-corrected chi connectivity index (χ0v) is 11.4. The van der Waals surface area contributed by atoms with E-state index >= 15 is 0 Å². The third-order valence-corrected chi connectivity index (χ3v) is 3.08. The lowest BCUT2D eigenvalue weighted by Gasteiger charge is -2.06. The van der Waals surface area contributed by atoms with Gasteiger partial charge in [0, 0.05) is 23.2 Å². The van der Waals surface area contributed by atoms with Gasteiger partial charge in [0.1, 0.15) is 0 Å². The largest absolute Gasteiger partial charge is 0.322 e. The van der Waals surface area contributed by atoms with Crippen LogP contribution in [-0.2, 0) is 5.88 Å². The van der Waals surface area contributed by atoms with Gasteiger partial charge in [0.15, 0.2) is 0 Å². The van der Waals surface area contributed by atoms with Crippen molar-refractivity contribution in [3.63, 3.8) is 0 Å². The SMILES string of the molecule is O=C(Nc1ccc(F)c([N+](=O)[O-])c1)c1ccc(CCl)cc1. The number of benzene rings is 2. The lowest BCUT2D eigenvalue weighted by atomic mass is 10.1. The van der Waals surface area contributed by atoms with Gasteiger partial charge in [-0.05, 0) is 29.8 Å². The van der Waals surface area contributed by atoms with Crippen LogP contribution in [0.2, 0.25) is 0 Å². The predicted molar refractivity (Wildman–Crippen MR) is 77.0 cm³/mol. The maximum atomic E-state index is 13.2. The van der Waals surface area contributed by atoms with Crippen LogP contribution < -0.4 is 5.32 Å². The molecular formula is C14H10ClFN2O3. The number of nitro groups is 1. The molecule has 21 heavy (non-hydrogen) atoms. The van der Waals surface area contributed by atoms with E-state index < -0.39 is 22.3 Å². The Morgan fingerprint density at radius 1 is 1.24 bits per heavy atom. The van der Waals surface area contributed by atoms with Gasteiger partial charge in [-0.25, -0.2) is 0 Å². The highest BCUT2D eigenvalue weighted by Gasteiger charge is 2.15. The standard InChI is InChI=1S/C14H10ClFN2O3/c15-8-9-1-3-10(4-2-9)14(19)17-11-5-6-12(16)13(7-11)18(20)21/h1-7H,8H2,(H,17,19). The van der Waals surface area contributed by atoms with Gasteiger partial charge in [-0.1, -0.05) is 12.1 Å². The van der Waals surface area contributed by atoms with E-state index in [2.05, 4.69) is 5.32 Å². The highest BCUT2D eigenvalue weighted by molar-refractivity contribution is 6.17. The molecule has 0 saturated carbocycles. The summed E-state index contributed by atoms with van der Waals surface area (Å²) in [5.74, 6) is -1.06. The third kappa shape index (κ3) is 3.55. The van der Waals surface area contributed by atoms with Gasteiger partial charge in [-0.3, -0.25) is 14.9 Å². The van der Waals surface area contributed by atoms with Crippen LogP contribution in [-0.4, -0.2) is 10.8 Å². The number of anilines is 1. The summed E-state index contributed by atoms with van der Waals surface area (Å²) < 4.78 is 13.2. The summed E-state index contributed by atoms with van der Waals surface area (Å²) in [6.07, 6.45) is 0. The monoisotopic (exact) mass is 308 g/mol. The number of nitrogens with zero attached hydrogens (tertiary/aromatic N) is 1. The molecule has 0 bridgehead atoms. The molecule has 5 nitrogen and oxygen atoms in total. The summed E-state index contributed by atoms with van der Waals surface area (Å²) in [7, 11) is 0. The van der Waals surface area contributed by atoms with Gasteiger partial charge < -0.3 is 5.32 Å². The summed E-state index contributed by atoms with van der Waals surface area (Å²) >= 11 is 5.65. The Balaban J connectivity index is 2.19. The van der Waals surface area contributed by atoms with Crippen LogP contribution >= 0.6 is 11.6 Å². The highest BCUT2D eigenvalue weighted by Crippen LogP contribution is 2.22. The number of halogens is 2. The second-order valence-electron chi connectivity index (χ2n) is 4.21. The molecule has 1 amide bonds. The summed E-state index contributed by atoms with van der Waals surface area (Å²) in [5, 5.41) is 13.1. The number of hydrogen-bond donors (Lipinski definition) is 1. The summed E-state index contributed by atoms with van der Waals surface area (Å²) in [6.45, 7) is 0. The maximum Gasteiger partial charge on any atom is 0.306 e. The summed E-state index contributed by atoms with van der Waals surface area (Å²) in [6, 6.07) is 9.75. The number of nitrogens with one attached hydrogen (secondary N) is 1. The normalized spacial score (nSPS) is 10.2. The molecule has 0 aliphatic carbocycles. The summed E-state index contributed by atoms with van der Waals surface area (Å²) in [4.78, 5) is 21.8. The smallest absolute Gasteiger partial charge is 0.306 e. The van der Waals surface area contributed by atoms with Gasteiger partial charge in [0.2, 0.25) is 5.82 Å². The molecule has 2 aromatic carbocycles. The van der Waals surface area contributed by atoms with Crippen LogP contribution in [0.25, 0.3) is 0 Å². The maximum absolute atomic E-state index is 13.2. The van der Waals surface area contributed by atoms with E-state index in [1.54, 1.807) is 24.3 Å².